The molecular formula is C25H18BrN3O5. The van der Waals surface area contributed by atoms with Crippen molar-refractivity contribution in [2.24, 2.45) is 5.10 Å². The molecule has 0 saturated heterocycles. The number of carbonyl (C=O) groups is 1. The van der Waals surface area contributed by atoms with Gasteiger partial charge in [0.15, 0.2) is 5.60 Å². The molecule has 0 fully saturated rings. The number of nitrogens with one attached hydrogen (secondary N) is 1. The first-order valence-corrected chi connectivity index (χ1v) is 10.9. The van der Waals surface area contributed by atoms with Gasteiger partial charge in [0, 0.05) is 22.2 Å². The maximum Gasteiger partial charge on any atom is 0.281 e. The lowest BCUT2D eigenvalue weighted by Crippen LogP contribution is -2.43. The Bertz CT molecular complexity index is 1310. The monoisotopic (exact) mass is 519 g/mol. The van der Waals surface area contributed by atoms with Crippen LogP contribution in [0.25, 0.3) is 11.3 Å². The minimum Gasteiger partial charge on any atom is -0.455 e. The highest BCUT2D eigenvalue weighted by molar-refractivity contribution is 9.10. The lowest BCUT2D eigenvalue weighted by Gasteiger charge is -2.26. The number of carbonyl (C=O) groups excluding carboxylic acids is 1. The molecule has 3 aromatic carbocycles. The number of hydrazone groups is 1. The zero-order chi connectivity index (χ0) is 24.1. The van der Waals surface area contributed by atoms with Gasteiger partial charge in [0.25, 0.3) is 11.6 Å². The summed E-state index contributed by atoms with van der Waals surface area (Å²) < 4.78 is 6.23. The number of hydrogen-bond acceptors (Lipinski definition) is 6. The fraction of sp³-hybridized carbons (Fsp3) is 0.0400. The van der Waals surface area contributed by atoms with Crippen LogP contribution in [0.15, 0.2) is 105 Å². The van der Waals surface area contributed by atoms with Crippen LogP contribution in [-0.2, 0) is 10.4 Å². The number of furan rings is 1. The quantitative estimate of drug-likeness (QED) is 0.202. The van der Waals surface area contributed by atoms with E-state index in [2.05, 4.69) is 26.5 Å². The van der Waals surface area contributed by atoms with E-state index in [-0.39, 0.29) is 5.69 Å². The summed E-state index contributed by atoms with van der Waals surface area (Å²) in [6.07, 6.45) is 1.30. The Kier molecular flexibility index (Phi) is 6.67. The van der Waals surface area contributed by atoms with Gasteiger partial charge in [0.05, 0.1) is 11.1 Å². The molecule has 0 bridgehead atoms. The van der Waals surface area contributed by atoms with Crippen LogP contribution >= 0.6 is 15.9 Å². The molecule has 0 aliphatic carbocycles. The van der Waals surface area contributed by atoms with Crippen molar-refractivity contribution in [3.8, 4) is 11.3 Å². The summed E-state index contributed by atoms with van der Waals surface area (Å²) in [7, 11) is 0. The first-order chi connectivity index (χ1) is 16.4. The third-order valence-corrected chi connectivity index (χ3v) is 5.78. The number of nitro benzene ring substituents is 1. The molecule has 1 amide bonds. The van der Waals surface area contributed by atoms with E-state index in [0.717, 1.165) is 0 Å². The highest BCUT2D eigenvalue weighted by Gasteiger charge is 2.39. The van der Waals surface area contributed by atoms with Crippen molar-refractivity contribution < 1.29 is 19.2 Å². The van der Waals surface area contributed by atoms with Crippen LogP contribution in [0.3, 0.4) is 0 Å². The van der Waals surface area contributed by atoms with Crippen LogP contribution in [-0.4, -0.2) is 22.2 Å². The van der Waals surface area contributed by atoms with Crippen LogP contribution in [0.2, 0.25) is 0 Å². The molecule has 0 atom stereocenters. The largest absolute Gasteiger partial charge is 0.455 e. The molecule has 1 aromatic heterocycles. The van der Waals surface area contributed by atoms with Gasteiger partial charge in [-0.3, -0.25) is 14.9 Å². The molecule has 0 spiro atoms. The molecule has 34 heavy (non-hydrogen) atoms. The molecular weight excluding hydrogens is 502 g/mol. The number of halogens is 1. The molecule has 4 rings (SSSR count). The van der Waals surface area contributed by atoms with Crippen LogP contribution < -0.4 is 5.43 Å². The molecule has 8 nitrogen and oxygen atoms in total. The van der Waals surface area contributed by atoms with Crippen molar-refractivity contribution in [2.45, 2.75) is 5.60 Å². The summed E-state index contributed by atoms with van der Waals surface area (Å²) in [4.78, 5) is 23.5. The molecule has 0 saturated carbocycles. The minimum absolute atomic E-state index is 0.0454. The third-order valence-electron chi connectivity index (χ3n) is 5.13. The van der Waals surface area contributed by atoms with Crippen LogP contribution in [0.1, 0.15) is 16.9 Å². The minimum atomic E-state index is -1.95. The molecule has 2 N–H and O–H groups in total. The summed E-state index contributed by atoms with van der Waals surface area (Å²) in [6.45, 7) is 0. The molecule has 4 aromatic rings. The summed E-state index contributed by atoms with van der Waals surface area (Å²) >= 11 is 3.32. The van der Waals surface area contributed by atoms with Crippen LogP contribution in [0.5, 0.6) is 0 Å². The zero-order valence-corrected chi connectivity index (χ0v) is 19.2. The summed E-state index contributed by atoms with van der Waals surface area (Å²) in [5.41, 5.74) is 1.82. The second-order valence-corrected chi connectivity index (χ2v) is 8.12. The Labute approximate surface area is 202 Å². The van der Waals surface area contributed by atoms with E-state index >= 15 is 0 Å². The first kappa shape index (κ1) is 23.1. The van der Waals surface area contributed by atoms with Gasteiger partial charge in [-0.1, -0.05) is 60.7 Å². The van der Waals surface area contributed by atoms with Gasteiger partial charge in [-0.25, -0.2) is 5.43 Å². The van der Waals surface area contributed by atoms with Crippen LogP contribution in [0, 0.1) is 10.1 Å². The average molecular weight is 520 g/mol. The Balaban J connectivity index is 1.54. The van der Waals surface area contributed by atoms with E-state index in [4.69, 9.17) is 4.42 Å². The van der Waals surface area contributed by atoms with Crippen molar-refractivity contribution in [3.63, 3.8) is 0 Å². The maximum atomic E-state index is 13.0. The van der Waals surface area contributed by atoms with E-state index < -0.39 is 16.4 Å². The first-order valence-electron chi connectivity index (χ1n) is 10.1. The molecule has 9 heteroatoms. The molecule has 0 aliphatic heterocycles. The van der Waals surface area contributed by atoms with Crippen molar-refractivity contribution >= 4 is 33.7 Å². The topological polar surface area (TPSA) is 118 Å². The Morgan fingerprint density at radius 2 is 1.62 bits per heavy atom. The maximum absolute atomic E-state index is 13.0. The predicted octanol–water partition coefficient (Wildman–Crippen LogP) is 5.00. The van der Waals surface area contributed by atoms with Gasteiger partial charge in [0.2, 0.25) is 0 Å². The highest BCUT2D eigenvalue weighted by Crippen LogP contribution is 2.32. The molecule has 170 valence electrons. The fourth-order valence-electron chi connectivity index (χ4n) is 3.41. The number of hydrogen-bond donors (Lipinski definition) is 2. The lowest BCUT2D eigenvalue weighted by atomic mass is 9.85. The Morgan fingerprint density at radius 1 is 1.00 bits per heavy atom. The van der Waals surface area contributed by atoms with E-state index in [0.29, 0.717) is 32.7 Å². The van der Waals surface area contributed by atoms with E-state index in [1.54, 1.807) is 78.9 Å². The summed E-state index contributed by atoms with van der Waals surface area (Å²) in [6, 6.07) is 24.9. The van der Waals surface area contributed by atoms with E-state index in [1.807, 2.05) is 0 Å². The van der Waals surface area contributed by atoms with Gasteiger partial charge in [-0.2, -0.15) is 5.10 Å². The highest BCUT2D eigenvalue weighted by atomic mass is 79.9. The average Bonchev–Trinajstić information content (AvgIpc) is 3.33. The van der Waals surface area contributed by atoms with Gasteiger partial charge < -0.3 is 9.52 Å². The van der Waals surface area contributed by atoms with E-state index in [9.17, 15) is 20.0 Å². The third kappa shape index (κ3) is 4.66. The standard InChI is InChI=1S/C25H18BrN3O5/c26-22-15-19(29(32)33)11-13-21(22)23-14-12-20(34-23)16-27-28-24(30)25(31,17-7-3-1-4-8-17)18-9-5-2-6-10-18/h1-16,31H,(H,28,30)/b27-16-. The number of benzene rings is 3. The van der Waals surface area contributed by atoms with Gasteiger partial charge in [0.1, 0.15) is 11.5 Å². The molecule has 0 unspecified atom stereocenters. The molecule has 1 heterocycles. The SMILES string of the molecule is O=C(N/N=C\c1ccc(-c2ccc([N+](=O)[O-])cc2Br)o1)C(O)(c1ccccc1)c1ccccc1. The summed E-state index contributed by atoms with van der Waals surface area (Å²) in [5.74, 6) is 0.0641. The number of non-ortho nitro benzene ring substituents is 1. The fourth-order valence-corrected chi connectivity index (χ4v) is 3.97. The summed E-state index contributed by atoms with van der Waals surface area (Å²) in [5, 5.41) is 26.3. The number of rotatable bonds is 7. The van der Waals surface area contributed by atoms with Crippen molar-refractivity contribution in [1.29, 1.82) is 0 Å². The predicted molar refractivity (Wildman–Crippen MR) is 130 cm³/mol. The smallest absolute Gasteiger partial charge is 0.281 e. The molecule has 0 radical (unpaired) electrons. The van der Waals surface area contributed by atoms with E-state index in [1.165, 1.54) is 18.3 Å². The van der Waals surface area contributed by atoms with Crippen LogP contribution in [0.4, 0.5) is 5.69 Å². The van der Waals surface area contributed by atoms with Gasteiger partial charge in [-0.05, 0) is 45.3 Å². The Morgan fingerprint density at radius 3 is 2.18 bits per heavy atom. The van der Waals surface area contributed by atoms with Crippen molar-refractivity contribution in [2.75, 3.05) is 0 Å². The normalized spacial score (nSPS) is 11.5. The van der Waals surface area contributed by atoms with Crippen molar-refractivity contribution in [3.05, 3.63) is 122 Å². The second kappa shape index (κ2) is 9.82. The lowest BCUT2D eigenvalue weighted by molar-refractivity contribution is -0.384. The van der Waals surface area contributed by atoms with Crippen molar-refractivity contribution in [1.82, 2.24) is 5.43 Å². The van der Waals surface area contributed by atoms with Gasteiger partial charge >= 0.3 is 0 Å². The number of nitrogens with zero attached hydrogens (tertiary/aromatic N) is 2. The number of aliphatic hydroxyl groups is 1. The number of nitro groups is 1. The second-order valence-electron chi connectivity index (χ2n) is 7.26. The Hall–Kier alpha value is -4.08. The number of amides is 1. The van der Waals surface area contributed by atoms with Gasteiger partial charge in [-0.15, -0.1) is 0 Å². The molecule has 0 aliphatic rings. The zero-order valence-electron chi connectivity index (χ0n) is 17.6.